The van der Waals surface area contributed by atoms with Crippen molar-refractivity contribution in [2.45, 2.75) is 34.2 Å². The van der Waals surface area contributed by atoms with Gasteiger partial charge in [-0.3, -0.25) is 9.59 Å². The largest absolute Gasteiger partial charge is 0.292 e. The number of aromatic nitrogens is 2. The number of benzene rings is 1. The van der Waals surface area contributed by atoms with Gasteiger partial charge in [0.25, 0.3) is 5.56 Å². The van der Waals surface area contributed by atoms with Gasteiger partial charge < -0.3 is 0 Å². The Morgan fingerprint density at radius 3 is 2.20 bits per heavy atom. The van der Waals surface area contributed by atoms with Gasteiger partial charge in [0.15, 0.2) is 5.78 Å². The molecule has 0 atom stereocenters. The molecule has 0 aliphatic heterocycles. The first-order valence-electron chi connectivity index (χ1n) is 6.53. The molecule has 1 aromatic heterocycles. The lowest BCUT2D eigenvalue weighted by Gasteiger charge is -2.11. The Morgan fingerprint density at radius 2 is 1.65 bits per heavy atom. The van der Waals surface area contributed by atoms with Gasteiger partial charge in [0.1, 0.15) is 6.54 Å². The molecule has 104 valence electrons. The van der Waals surface area contributed by atoms with E-state index < -0.39 is 0 Å². The number of Topliss-reactive ketones (excluding diaryl/α,β-unsaturated/α-hetero) is 1. The van der Waals surface area contributed by atoms with Crippen LogP contribution < -0.4 is 5.56 Å². The Labute approximate surface area is 118 Å². The number of rotatable bonds is 3. The van der Waals surface area contributed by atoms with Crippen LogP contribution in [0.4, 0.5) is 0 Å². The van der Waals surface area contributed by atoms with Gasteiger partial charge in [-0.15, -0.1) is 0 Å². The average molecular weight is 270 g/mol. The third-order valence-corrected chi connectivity index (χ3v) is 3.26. The van der Waals surface area contributed by atoms with Gasteiger partial charge in [0.05, 0.1) is 6.20 Å². The van der Waals surface area contributed by atoms with Crippen LogP contribution in [-0.4, -0.2) is 15.6 Å². The lowest BCUT2D eigenvalue weighted by atomic mass is 9.96. The maximum absolute atomic E-state index is 12.4. The van der Waals surface area contributed by atoms with Crippen LogP contribution in [0.1, 0.15) is 32.6 Å². The molecule has 1 aromatic carbocycles. The lowest BCUT2D eigenvalue weighted by molar-refractivity contribution is 0.0964. The van der Waals surface area contributed by atoms with Gasteiger partial charge in [-0.2, -0.15) is 5.10 Å². The van der Waals surface area contributed by atoms with Crippen LogP contribution in [0, 0.1) is 27.7 Å². The third-order valence-electron chi connectivity index (χ3n) is 3.26. The highest BCUT2D eigenvalue weighted by Gasteiger charge is 2.14. The van der Waals surface area contributed by atoms with Crippen LogP contribution in [0.2, 0.25) is 0 Å². The van der Waals surface area contributed by atoms with Gasteiger partial charge in [0.2, 0.25) is 0 Å². The Kier molecular flexibility index (Phi) is 3.84. The van der Waals surface area contributed by atoms with Crippen molar-refractivity contribution in [3.05, 3.63) is 62.6 Å². The minimum Gasteiger partial charge on any atom is -0.292 e. The van der Waals surface area contributed by atoms with Crippen molar-refractivity contribution in [1.82, 2.24) is 9.78 Å². The lowest BCUT2D eigenvalue weighted by Crippen LogP contribution is -2.26. The Hall–Kier alpha value is -2.23. The molecule has 0 aliphatic rings. The number of hydrogen-bond donors (Lipinski definition) is 0. The second-order valence-corrected chi connectivity index (χ2v) is 5.23. The van der Waals surface area contributed by atoms with E-state index in [0.29, 0.717) is 5.56 Å². The van der Waals surface area contributed by atoms with E-state index in [-0.39, 0.29) is 17.9 Å². The molecule has 0 N–H and O–H groups in total. The zero-order chi connectivity index (χ0) is 14.9. The van der Waals surface area contributed by atoms with Crippen LogP contribution in [0.5, 0.6) is 0 Å². The molecule has 0 radical (unpaired) electrons. The fraction of sp³-hybridized carbons (Fsp3) is 0.312. The highest BCUT2D eigenvalue weighted by molar-refractivity contribution is 5.98. The second kappa shape index (κ2) is 5.41. The minimum atomic E-state index is -0.249. The molecule has 4 heteroatoms. The van der Waals surface area contributed by atoms with Crippen LogP contribution in [0.3, 0.4) is 0 Å². The molecule has 2 rings (SSSR count). The van der Waals surface area contributed by atoms with Crippen molar-refractivity contribution in [2.24, 2.45) is 0 Å². The van der Waals surface area contributed by atoms with Gasteiger partial charge in [0, 0.05) is 11.6 Å². The zero-order valence-corrected chi connectivity index (χ0v) is 12.2. The highest BCUT2D eigenvalue weighted by Crippen LogP contribution is 2.17. The highest BCUT2D eigenvalue weighted by atomic mass is 16.1. The molecule has 0 saturated carbocycles. The SMILES string of the molecule is Cc1cc(C)c(C(=O)Cn2ncc(C)cc2=O)c(C)c1. The molecule has 4 nitrogen and oxygen atoms in total. The summed E-state index contributed by atoms with van der Waals surface area (Å²) in [5.41, 5.74) is 4.23. The number of hydrogen-bond acceptors (Lipinski definition) is 3. The van der Waals surface area contributed by atoms with E-state index in [1.54, 1.807) is 13.1 Å². The van der Waals surface area contributed by atoms with Gasteiger partial charge >= 0.3 is 0 Å². The number of aryl methyl sites for hydroxylation is 4. The van der Waals surface area contributed by atoms with E-state index in [0.717, 1.165) is 22.3 Å². The number of nitrogens with zero attached hydrogens (tertiary/aromatic N) is 2. The van der Waals surface area contributed by atoms with E-state index in [9.17, 15) is 9.59 Å². The molecule has 0 fully saturated rings. The summed E-state index contributed by atoms with van der Waals surface area (Å²) in [5.74, 6) is -0.0848. The fourth-order valence-corrected chi connectivity index (χ4v) is 2.48. The molecule has 0 saturated heterocycles. The summed E-state index contributed by atoms with van der Waals surface area (Å²) in [6.45, 7) is 7.61. The van der Waals surface area contributed by atoms with E-state index in [1.165, 1.54) is 10.7 Å². The summed E-state index contributed by atoms with van der Waals surface area (Å²) in [5, 5.41) is 4.00. The van der Waals surface area contributed by atoms with Crippen LogP contribution >= 0.6 is 0 Å². The summed E-state index contributed by atoms with van der Waals surface area (Å²) < 4.78 is 1.20. The van der Waals surface area contributed by atoms with Crippen LogP contribution in [0.25, 0.3) is 0 Å². The van der Waals surface area contributed by atoms with E-state index in [1.807, 2.05) is 32.9 Å². The summed E-state index contributed by atoms with van der Waals surface area (Å²) in [7, 11) is 0. The molecule has 2 aromatic rings. The first-order valence-corrected chi connectivity index (χ1v) is 6.53. The molecule has 1 heterocycles. The van der Waals surface area contributed by atoms with Crippen molar-refractivity contribution in [1.29, 1.82) is 0 Å². The van der Waals surface area contributed by atoms with Gasteiger partial charge in [-0.1, -0.05) is 17.7 Å². The fourth-order valence-electron chi connectivity index (χ4n) is 2.48. The van der Waals surface area contributed by atoms with Crippen molar-refractivity contribution < 1.29 is 4.79 Å². The summed E-state index contributed by atoms with van der Waals surface area (Å²) in [6, 6.07) is 5.44. The van der Waals surface area contributed by atoms with E-state index >= 15 is 0 Å². The normalized spacial score (nSPS) is 10.6. The summed E-state index contributed by atoms with van der Waals surface area (Å²) >= 11 is 0. The number of carbonyl (C=O) groups is 1. The number of ketones is 1. The van der Waals surface area contributed by atoms with Crippen molar-refractivity contribution in [3.63, 3.8) is 0 Å². The molecule has 0 aliphatic carbocycles. The quantitative estimate of drug-likeness (QED) is 0.804. The summed E-state index contributed by atoms with van der Waals surface area (Å²) in [6.07, 6.45) is 1.59. The monoisotopic (exact) mass is 270 g/mol. The minimum absolute atomic E-state index is 0.0240. The molecular formula is C16H18N2O2. The maximum atomic E-state index is 12.4. The first kappa shape index (κ1) is 14.2. The Bertz CT molecular complexity index is 706. The molecule has 0 amide bonds. The van der Waals surface area contributed by atoms with E-state index in [4.69, 9.17) is 0 Å². The molecule has 20 heavy (non-hydrogen) atoms. The standard InChI is InChI=1S/C16H18N2O2/c1-10-5-12(3)16(13(4)6-10)14(19)9-18-15(20)7-11(2)8-17-18/h5-8H,9H2,1-4H3. The smallest absolute Gasteiger partial charge is 0.267 e. The Morgan fingerprint density at radius 1 is 1.05 bits per heavy atom. The molecule has 0 unspecified atom stereocenters. The summed E-state index contributed by atoms with van der Waals surface area (Å²) in [4.78, 5) is 24.2. The molecular weight excluding hydrogens is 252 g/mol. The Balaban J connectivity index is 2.36. The van der Waals surface area contributed by atoms with Crippen LogP contribution in [0.15, 0.2) is 29.2 Å². The van der Waals surface area contributed by atoms with Crippen molar-refractivity contribution >= 4 is 5.78 Å². The first-order chi connectivity index (χ1) is 9.38. The second-order valence-electron chi connectivity index (χ2n) is 5.23. The number of carbonyl (C=O) groups excluding carboxylic acids is 1. The third kappa shape index (κ3) is 2.85. The van der Waals surface area contributed by atoms with Crippen LogP contribution in [-0.2, 0) is 6.54 Å². The van der Waals surface area contributed by atoms with Crippen molar-refractivity contribution in [3.8, 4) is 0 Å². The van der Waals surface area contributed by atoms with Crippen molar-refractivity contribution in [2.75, 3.05) is 0 Å². The van der Waals surface area contributed by atoms with E-state index in [2.05, 4.69) is 5.10 Å². The van der Waals surface area contributed by atoms with Gasteiger partial charge in [-0.25, -0.2) is 4.68 Å². The maximum Gasteiger partial charge on any atom is 0.267 e. The molecule has 0 spiro atoms. The predicted molar refractivity (Wildman–Crippen MR) is 78.2 cm³/mol. The average Bonchev–Trinajstić information content (AvgIpc) is 2.31. The topological polar surface area (TPSA) is 52.0 Å². The zero-order valence-electron chi connectivity index (χ0n) is 12.2. The molecule has 0 bridgehead atoms. The van der Waals surface area contributed by atoms with Gasteiger partial charge in [-0.05, 0) is 44.4 Å². The predicted octanol–water partition coefficient (Wildman–Crippen LogP) is 2.36.